The molecule has 1 aromatic carbocycles. The van der Waals surface area contributed by atoms with Crippen LogP contribution in [0.25, 0.3) is 0 Å². The van der Waals surface area contributed by atoms with Gasteiger partial charge in [0.15, 0.2) is 0 Å². The molecule has 3 nitrogen and oxygen atoms in total. The van der Waals surface area contributed by atoms with Crippen molar-refractivity contribution < 1.29 is 13.2 Å². The zero-order valence-corrected chi connectivity index (χ0v) is 13.2. The molecule has 0 bridgehead atoms. The maximum Gasteiger partial charge on any atom is 0.420 e. The maximum absolute atomic E-state index is 12.6. The number of aromatic nitrogens is 2. The highest BCUT2D eigenvalue weighted by Gasteiger charge is 2.34. The third kappa shape index (κ3) is 4.51. The fourth-order valence-electron chi connectivity index (χ4n) is 1.62. The molecule has 0 aliphatic rings. The van der Waals surface area contributed by atoms with Crippen molar-refractivity contribution in [2.75, 3.05) is 11.1 Å². The molecule has 0 radical (unpaired) electrons. The van der Waals surface area contributed by atoms with E-state index >= 15 is 0 Å². The van der Waals surface area contributed by atoms with Crippen molar-refractivity contribution in [1.82, 2.24) is 9.97 Å². The molecule has 2 rings (SSSR count). The van der Waals surface area contributed by atoms with Crippen LogP contribution < -0.4 is 5.32 Å². The molecule has 0 saturated heterocycles. The van der Waals surface area contributed by atoms with Crippen molar-refractivity contribution in [3.05, 3.63) is 41.2 Å². The van der Waals surface area contributed by atoms with Gasteiger partial charge in [0.1, 0.15) is 10.7 Å². The molecule has 0 atom stereocenters. The smallest absolute Gasteiger partial charge is 0.324 e. The number of anilines is 2. The second kappa shape index (κ2) is 7.19. The van der Waals surface area contributed by atoms with Crippen LogP contribution >= 0.6 is 23.4 Å². The van der Waals surface area contributed by atoms with E-state index in [1.54, 1.807) is 17.8 Å². The quantitative estimate of drug-likeness (QED) is 0.581. The molecule has 1 aromatic heterocycles. The average molecular weight is 348 g/mol. The molecule has 22 heavy (non-hydrogen) atoms. The molecule has 0 amide bonds. The van der Waals surface area contributed by atoms with Gasteiger partial charge >= 0.3 is 6.18 Å². The van der Waals surface area contributed by atoms with Crippen LogP contribution in [-0.4, -0.2) is 15.7 Å². The Balaban J connectivity index is 2.16. The van der Waals surface area contributed by atoms with Crippen LogP contribution in [0.3, 0.4) is 0 Å². The van der Waals surface area contributed by atoms with Crippen LogP contribution in [0, 0.1) is 0 Å². The van der Waals surface area contributed by atoms with Crippen molar-refractivity contribution in [3.8, 4) is 0 Å². The van der Waals surface area contributed by atoms with Crippen molar-refractivity contribution in [2.24, 2.45) is 0 Å². The SMILES string of the molecule is CCCSc1cccc(Nc2ncc(C(F)(F)F)c(Cl)n2)c1. The summed E-state index contributed by atoms with van der Waals surface area (Å²) < 4.78 is 37.8. The molecule has 8 heteroatoms. The summed E-state index contributed by atoms with van der Waals surface area (Å²) in [4.78, 5) is 8.36. The van der Waals surface area contributed by atoms with Gasteiger partial charge in [-0.2, -0.15) is 13.2 Å². The number of halogens is 4. The van der Waals surface area contributed by atoms with E-state index in [2.05, 4.69) is 22.2 Å². The summed E-state index contributed by atoms with van der Waals surface area (Å²) >= 11 is 7.26. The molecule has 2 aromatic rings. The third-order valence-electron chi connectivity index (χ3n) is 2.61. The summed E-state index contributed by atoms with van der Waals surface area (Å²) in [7, 11) is 0. The normalized spacial score (nSPS) is 11.5. The molecule has 0 fully saturated rings. The van der Waals surface area contributed by atoms with Crippen LogP contribution in [-0.2, 0) is 6.18 Å². The Hall–Kier alpha value is -1.47. The monoisotopic (exact) mass is 347 g/mol. The number of hydrogen-bond acceptors (Lipinski definition) is 4. The van der Waals surface area contributed by atoms with Crippen LogP contribution in [0.1, 0.15) is 18.9 Å². The van der Waals surface area contributed by atoms with Gasteiger partial charge in [-0.15, -0.1) is 11.8 Å². The second-order valence-corrected chi connectivity index (χ2v) is 5.92. The molecule has 0 aliphatic heterocycles. The topological polar surface area (TPSA) is 37.8 Å². The predicted molar refractivity (Wildman–Crippen MR) is 82.8 cm³/mol. The Morgan fingerprint density at radius 1 is 1.32 bits per heavy atom. The molecular formula is C14H13ClF3N3S. The summed E-state index contributed by atoms with van der Waals surface area (Å²) in [5.74, 6) is 1.02. The van der Waals surface area contributed by atoms with Gasteiger partial charge in [0.25, 0.3) is 0 Å². The Morgan fingerprint density at radius 2 is 2.09 bits per heavy atom. The number of hydrogen-bond donors (Lipinski definition) is 1. The van der Waals surface area contributed by atoms with E-state index in [0.717, 1.165) is 17.1 Å². The van der Waals surface area contributed by atoms with Crippen LogP contribution in [0.2, 0.25) is 5.15 Å². The van der Waals surface area contributed by atoms with E-state index in [4.69, 9.17) is 11.6 Å². The minimum atomic E-state index is -4.56. The largest absolute Gasteiger partial charge is 0.420 e. The first-order valence-corrected chi connectivity index (χ1v) is 7.86. The molecule has 0 spiro atoms. The minimum Gasteiger partial charge on any atom is -0.324 e. The first-order valence-electron chi connectivity index (χ1n) is 6.49. The van der Waals surface area contributed by atoms with Gasteiger partial charge in [0.2, 0.25) is 5.95 Å². The van der Waals surface area contributed by atoms with Gasteiger partial charge in [-0.25, -0.2) is 9.97 Å². The Bertz CT molecular complexity index is 649. The zero-order valence-electron chi connectivity index (χ0n) is 11.6. The molecule has 1 heterocycles. The highest BCUT2D eigenvalue weighted by molar-refractivity contribution is 7.99. The number of rotatable bonds is 5. The number of alkyl halides is 3. The van der Waals surface area contributed by atoms with Crippen LogP contribution in [0.5, 0.6) is 0 Å². The summed E-state index contributed by atoms with van der Waals surface area (Å²) in [5, 5.41) is 2.23. The third-order valence-corrected chi connectivity index (χ3v) is 4.10. The van der Waals surface area contributed by atoms with Gasteiger partial charge in [0.05, 0.1) is 0 Å². The first-order chi connectivity index (χ1) is 10.4. The van der Waals surface area contributed by atoms with Crippen molar-refractivity contribution in [1.29, 1.82) is 0 Å². The first kappa shape index (κ1) is 16.9. The summed E-state index contributed by atoms with van der Waals surface area (Å²) in [6.07, 6.45) is -2.83. The standard InChI is InChI=1S/C14H13ClF3N3S/c1-2-6-22-10-5-3-4-9(7-10)20-13-19-8-11(12(15)21-13)14(16,17)18/h3-5,7-8H,2,6H2,1H3,(H,19,20,21). The fraction of sp³-hybridized carbons (Fsp3) is 0.286. The number of thioether (sulfide) groups is 1. The van der Waals surface area contributed by atoms with Crippen molar-refractivity contribution in [2.45, 2.75) is 24.4 Å². The molecule has 1 N–H and O–H groups in total. The van der Waals surface area contributed by atoms with E-state index < -0.39 is 16.9 Å². The van der Waals surface area contributed by atoms with Gasteiger partial charge in [-0.05, 0) is 30.4 Å². The van der Waals surface area contributed by atoms with Crippen LogP contribution in [0.4, 0.5) is 24.8 Å². The number of nitrogens with zero attached hydrogens (tertiary/aromatic N) is 2. The fourth-order valence-corrected chi connectivity index (χ4v) is 2.68. The van der Waals surface area contributed by atoms with Crippen molar-refractivity contribution >= 4 is 35.0 Å². The lowest BCUT2D eigenvalue weighted by Gasteiger charge is -2.10. The molecule has 0 aliphatic carbocycles. The predicted octanol–water partition coefficient (Wildman–Crippen LogP) is 5.39. The lowest BCUT2D eigenvalue weighted by Crippen LogP contribution is -2.09. The highest BCUT2D eigenvalue weighted by Crippen LogP contribution is 2.33. The average Bonchev–Trinajstić information content (AvgIpc) is 2.44. The van der Waals surface area contributed by atoms with E-state index in [1.165, 1.54) is 0 Å². The van der Waals surface area contributed by atoms with Crippen molar-refractivity contribution in [3.63, 3.8) is 0 Å². The minimum absolute atomic E-state index is 0.0237. The van der Waals surface area contributed by atoms with Gasteiger partial charge in [0, 0.05) is 16.8 Å². The van der Waals surface area contributed by atoms with E-state index in [-0.39, 0.29) is 5.95 Å². The van der Waals surface area contributed by atoms with Gasteiger partial charge in [-0.3, -0.25) is 0 Å². The second-order valence-electron chi connectivity index (χ2n) is 4.40. The van der Waals surface area contributed by atoms with E-state index in [0.29, 0.717) is 11.9 Å². The summed E-state index contributed by atoms with van der Waals surface area (Å²) in [5.41, 5.74) is -0.358. The lowest BCUT2D eigenvalue weighted by molar-refractivity contribution is -0.137. The van der Waals surface area contributed by atoms with Crippen LogP contribution in [0.15, 0.2) is 35.4 Å². The number of nitrogens with one attached hydrogen (secondary N) is 1. The highest BCUT2D eigenvalue weighted by atomic mass is 35.5. The molecule has 0 unspecified atom stereocenters. The zero-order chi connectivity index (χ0) is 16.2. The summed E-state index contributed by atoms with van der Waals surface area (Å²) in [6, 6.07) is 7.48. The van der Waals surface area contributed by atoms with E-state index in [9.17, 15) is 13.2 Å². The lowest BCUT2D eigenvalue weighted by atomic mass is 10.3. The maximum atomic E-state index is 12.6. The summed E-state index contributed by atoms with van der Waals surface area (Å²) in [6.45, 7) is 2.09. The molecular weight excluding hydrogens is 335 g/mol. The van der Waals surface area contributed by atoms with Gasteiger partial charge in [-0.1, -0.05) is 24.6 Å². The Morgan fingerprint density at radius 3 is 2.73 bits per heavy atom. The van der Waals surface area contributed by atoms with Gasteiger partial charge < -0.3 is 5.32 Å². The Labute approximate surface area is 135 Å². The van der Waals surface area contributed by atoms with E-state index in [1.807, 2.05) is 18.2 Å². The Kier molecular flexibility index (Phi) is 5.52. The molecule has 0 saturated carbocycles. The number of benzene rings is 1. The molecule has 118 valence electrons.